The third-order valence-electron chi connectivity index (χ3n) is 4.70. The maximum atomic E-state index is 12.5. The minimum absolute atomic E-state index is 0.274. The van der Waals surface area contributed by atoms with E-state index in [1.54, 1.807) is 0 Å². The molecule has 0 radical (unpaired) electrons. The van der Waals surface area contributed by atoms with Crippen LogP contribution < -0.4 is 0 Å². The Morgan fingerprint density at radius 2 is 1.95 bits per heavy atom. The Hall–Kier alpha value is -2.16. The topological polar surface area (TPSA) is 33.2 Å². The number of hydrogen-bond donors (Lipinski definition) is 0. The van der Waals surface area contributed by atoms with Crippen molar-refractivity contribution in [3.05, 3.63) is 65.5 Å². The summed E-state index contributed by atoms with van der Waals surface area (Å²) in [4.78, 5) is 19.1. The van der Waals surface area contributed by atoms with Crippen LogP contribution >= 0.6 is 0 Å². The first-order valence-corrected chi connectivity index (χ1v) is 7.58. The molecule has 2 bridgehead atoms. The summed E-state index contributed by atoms with van der Waals surface area (Å²) in [6.45, 7) is 0.729. The molecule has 3 heteroatoms. The Bertz CT molecular complexity index is 668. The molecule has 2 atom stereocenters. The number of amides is 1. The lowest BCUT2D eigenvalue weighted by Crippen LogP contribution is -2.48. The number of piperidine rings is 1. The van der Waals surface area contributed by atoms with E-state index in [0.717, 1.165) is 25.1 Å². The second kappa shape index (κ2) is 4.99. The molecule has 106 valence electrons. The van der Waals surface area contributed by atoms with E-state index in [1.807, 2.05) is 30.5 Å². The second-order valence-electron chi connectivity index (χ2n) is 6.05. The van der Waals surface area contributed by atoms with Crippen molar-refractivity contribution in [2.45, 2.75) is 37.8 Å². The predicted octanol–water partition coefficient (Wildman–Crippen LogP) is 2.91. The van der Waals surface area contributed by atoms with E-state index in [4.69, 9.17) is 0 Å². The lowest BCUT2D eigenvalue weighted by molar-refractivity contribution is -0.138. The highest BCUT2D eigenvalue weighted by atomic mass is 16.2. The number of benzene rings is 1. The molecule has 0 saturated carbocycles. The van der Waals surface area contributed by atoms with Crippen molar-refractivity contribution in [2.24, 2.45) is 0 Å². The molecule has 1 saturated heterocycles. The Kier molecular flexibility index (Phi) is 2.99. The fraction of sp³-hybridized carbons (Fsp3) is 0.333. The maximum Gasteiger partial charge on any atom is 0.223 e. The summed E-state index contributed by atoms with van der Waals surface area (Å²) in [6, 6.07) is 14.8. The van der Waals surface area contributed by atoms with Crippen molar-refractivity contribution in [1.29, 1.82) is 0 Å². The number of pyridine rings is 1. The monoisotopic (exact) mass is 278 g/mol. The molecule has 1 aromatic heterocycles. The van der Waals surface area contributed by atoms with Crippen LogP contribution in [0.2, 0.25) is 0 Å². The molecule has 1 fully saturated rings. The first-order chi connectivity index (χ1) is 10.3. The third-order valence-corrected chi connectivity index (χ3v) is 4.70. The van der Waals surface area contributed by atoms with Gasteiger partial charge < -0.3 is 4.90 Å². The number of carbonyl (C=O) groups is 1. The van der Waals surface area contributed by atoms with Gasteiger partial charge in [0.15, 0.2) is 0 Å². The molecule has 21 heavy (non-hydrogen) atoms. The highest BCUT2D eigenvalue weighted by Gasteiger charge is 2.39. The average molecular weight is 278 g/mol. The number of hydrogen-bond acceptors (Lipinski definition) is 2. The molecule has 4 rings (SSSR count). The van der Waals surface area contributed by atoms with Crippen molar-refractivity contribution in [2.75, 3.05) is 0 Å². The molecule has 1 amide bonds. The molecule has 0 spiro atoms. The molecular formula is C18H18N2O. The number of likely N-dealkylation sites (tertiary alicyclic amines) is 1. The van der Waals surface area contributed by atoms with Gasteiger partial charge in [0.25, 0.3) is 0 Å². The van der Waals surface area contributed by atoms with Gasteiger partial charge in [-0.25, -0.2) is 0 Å². The third kappa shape index (κ3) is 2.23. The minimum atomic E-state index is 0.274. The second-order valence-corrected chi connectivity index (χ2v) is 6.05. The Labute approximate surface area is 124 Å². The van der Waals surface area contributed by atoms with Crippen molar-refractivity contribution >= 4 is 5.91 Å². The zero-order chi connectivity index (χ0) is 14.2. The summed E-state index contributed by atoms with van der Waals surface area (Å²) in [5.74, 6) is 0.593. The number of carbonyl (C=O) groups excluding carboxylic acids is 1. The van der Waals surface area contributed by atoms with Crippen LogP contribution in [0.1, 0.15) is 35.6 Å². The first kappa shape index (κ1) is 12.6. The van der Waals surface area contributed by atoms with Crippen LogP contribution in [0.5, 0.6) is 0 Å². The molecule has 0 unspecified atom stereocenters. The molecule has 1 aromatic carbocycles. The van der Waals surface area contributed by atoms with E-state index < -0.39 is 0 Å². The number of aromatic nitrogens is 1. The van der Waals surface area contributed by atoms with Crippen molar-refractivity contribution in [3.63, 3.8) is 0 Å². The number of nitrogens with zero attached hydrogens (tertiary/aromatic N) is 2. The number of rotatable bonds is 2. The summed E-state index contributed by atoms with van der Waals surface area (Å²) in [5, 5.41) is 0. The van der Waals surface area contributed by atoms with E-state index in [2.05, 4.69) is 28.1 Å². The first-order valence-electron chi connectivity index (χ1n) is 7.58. The molecule has 2 aromatic rings. The van der Waals surface area contributed by atoms with Gasteiger partial charge in [0.2, 0.25) is 5.91 Å². The standard InChI is InChI=1S/C18H18N2O/c21-17-11-15-10-16(9-14-7-4-8-19-18(14)15)20(17)12-13-5-2-1-3-6-13/h1-8,15-16H,9-12H2/t15-,16+/m1/s1. The zero-order valence-electron chi connectivity index (χ0n) is 11.9. The van der Waals surface area contributed by atoms with Crippen molar-refractivity contribution in [3.8, 4) is 0 Å². The van der Waals surface area contributed by atoms with Crippen molar-refractivity contribution < 1.29 is 4.79 Å². The quantitative estimate of drug-likeness (QED) is 0.846. The van der Waals surface area contributed by atoms with E-state index in [-0.39, 0.29) is 5.91 Å². The van der Waals surface area contributed by atoms with Crippen LogP contribution in [0.25, 0.3) is 0 Å². The molecule has 0 N–H and O–H groups in total. The molecular weight excluding hydrogens is 260 g/mol. The predicted molar refractivity (Wildman–Crippen MR) is 80.7 cm³/mol. The van der Waals surface area contributed by atoms with Gasteiger partial charge in [-0.05, 0) is 30.0 Å². The van der Waals surface area contributed by atoms with Crippen LogP contribution in [-0.2, 0) is 17.8 Å². The highest BCUT2D eigenvalue weighted by Crippen LogP contribution is 2.39. The van der Waals surface area contributed by atoms with Gasteiger partial charge in [0.05, 0.1) is 0 Å². The fourth-order valence-corrected chi connectivity index (χ4v) is 3.71. The zero-order valence-corrected chi connectivity index (χ0v) is 11.9. The normalized spacial score (nSPS) is 23.8. The largest absolute Gasteiger partial charge is 0.335 e. The van der Waals surface area contributed by atoms with Crippen LogP contribution in [0, 0.1) is 0 Å². The Morgan fingerprint density at radius 3 is 2.81 bits per heavy atom. The summed E-state index contributed by atoms with van der Waals surface area (Å²) < 4.78 is 0. The van der Waals surface area contributed by atoms with Crippen LogP contribution in [0.15, 0.2) is 48.7 Å². The Morgan fingerprint density at radius 1 is 1.10 bits per heavy atom. The van der Waals surface area contributed by atoms with Gasteiger partial charge in [-0.1, -0.05) is 36.4 Å². The SMILES string of the molecule is O=C1C[C@H]2C[C@H](Cc3cccnc32)N1Cc1ccccc1. The minimum Gasteiger partial charge on any atom is -0.335 e. The molecule has 2 aliphatic rings. The summed E-state index contributed by atoms with van der Waals surface area (Å²) in [5.41, 5.74) is 3.69. The number of fused-ring (bicyclic) bond motifs is 4. The van der Waals surface area contributed by atoms with Gasteiger partial charge in [0.1, 0.15) is 0 Å². The van der Waals surface area contributed by atoms with Crippen LogP contribution in [-0.4, -0.2) is 21.8 Å². The average Bonchev–Trinajstić information content (AvgIpc) is 2.52. The highest BCUT2D eigenvalue weighted by molar-refractivity contribution is 5.79. The molecule has 1 aliphatic heterocycles. The van der Waals surface area contributed by atoms with E-state index >= 15 is 0 Å². The van der Waals surface area contributed by atoms with Gasteiger partial charge >= 0.3 is 0 Å². The summed E-state index contributed by atoms with van der Waals surface area (Å²) >= 11 is 0. The van der Waals surface area contributed by atoms with E-state index in [9.17, 15) is 4.79 Å². The van der Waals surface area contributed by atoms with Gasteiger partial charge in [0, 0.05) is 36.8 Å². The molecule has 1 aliphatic carbocycles. The summed E-state index contributed by atoms with van der Waals surface area (Å²) in [7, 11) is 0. The fourth-order valence-electron chi connectivity index (χ4n) is 3.71. The van der Waals surface area contributed by atoms with E-state index in [1.165, 1.54) is 11.1 Å². The molecule has 2 heterocycles. The van der Waals surface area contributed by atoms with Crippen LogP contribution in [0.4, 0.5) is 0 Å². The molecule has 3 nitrogen and oxygen atoms in total. The Balaban J connectivity index is 1.62. The van der Waals surface area contributed by atoms with E-state index in [0.29, 0.717) is 18.4 Å². The summed E-state index contributed by atoms with van der Waals surface area (Å²) in [6.07, 6.45) is 4.45. The van der Waals surface area contributed by atoms with Gasteiger partial charge in [-0.2, -0.15) is 0 Å². The lowest BCUT2D eigenvalue weighted by Gasteiger charge is -2.43. The van der Waals surface area contributed by atoms with Gasteiger partial charge in [-0.15, -0.1) is 0 Å². The van der Waals surface area contributed by atoms with Gasteiger partial charge in [-0.3, -0.25) is 9.78 Å². The maximum absolute atomic E-state index is 12.5. The smallest absolute Gasteiger partial charge is 0.223 e. The van der Waals surface area contributed by atoms with Crippen molar-refractivity contribution in [1.82, 2.24) is 9.88 Å². The lowest BCUT2D eigenvalue weighted by atomic mass is 9.77. The van der Waals surface area contributed by atoms with Crippen LogP contribution in [0.3, 0.4) is 0 Å².